The van der Waals surface area contributed by atoms with E-state index < -0.39 is 12.0 Å². The van der Waals surface area contributed by atoms with Gasteiger partial charge in [-0.2, -0.15) is 0 Å². The van der Waals surface area contributed by atoms with Crippen molar-refractivity contribution in [3.63, 3.8) is 0 Å². The number of ether oxygens (including phenoxy) is 1. The van der Waals surface area contributed by atoms with E-state index in [-0.39, 0.29) is 23.6 Å². The number of para-hydroxylation sites is 2. The normalized spacial score (nSPS) is 16.5. The lowest BCUT2D eigenvalue weighted by Crippen LogP contribution is -2.47. The maximum absolute atomic E-state index is 12.3. The van der Waals surface area contributed by atoms with Gasteiger partial charge < -0.3 is 15.0 Å². The summed E-state index contributed by atoms with van der Waals surface area (Å²) >= 11 is 0. The number of hydrogen-bond acceptors (Lipinski definition) is 4. The molecule has 0 saturated heterocycles. The number of H-pyrrole nitrogens is 1. The van der Waals surface area contributed by atoms with Crippen LogP contribution in [0.15, 0.2) is 47.5 Å². The highest BCUT2D eigenvalue weighted by Gasteiger charge is 2.32. The van der Waals surface area contributed by atoms with Crippen LogP contribution < -0.4 is 20.4 Å². The fraction of sp³-hybridized carbons (Fsp3) is 0.188. The Morgan fingerprint density at radius 3 is 2.87 bits per heavy atom. The summed E-state index contributed by atoms with van der Waals surface area (Å²) in [5.74, 6) is -0.218. The van der Waals surface area contributed by atoms with E-state index in [1.807, 2.05) is 0 Å². The van der Waals surface area contributed by atoms with Crippen molar-refractivity contribution in [3.8, 4) is 5.75 Å². The summed E-state index contributed by atoms with van der Waals surface area (Å²) in [6, 6.07) is 8.32. The van der Waals surface area contributed by atoms with Gasteiger partial charge in [0.05, 0.1) is 5.69 Å². The first-order valence-corrected chi connectivity index (χ1v) is 7.10. The number of hydrogen-bond donors (Lipinski definition) is 2. The molecular formula is C16H15N3O4. The molecule has 1 aliphatic rings. The second-order valence-electron chi connectivity index (χ2n) is 5.12. The third kappa shape index (κ3) is 2.94. The number of carbonyl (C=O) groups is 2. The lowest BCUT2D eigenvalue weighted by Gasteiger charge is -2.32. The molecule has 2 heterocycles. The number of nitrogens with one attached hydrogen (secondary N) is 2. The molecule has 0 spiro atoms. The topological polar surface area (TPSA) is 91.5 Å². The molecule has 2 aromatic rings. The van der Waals surface area contributed by atoms with Crippen molar-refractivity contribution in [2.75, 3.05) is 16.8 Å². The number of anilines is 2. The van der Waals surface area contributed by atoms with Gasteiger partial charge in [-0.05, 0) is 19.1 Å². The average molecular weight is 313 g/mol. The van der Waals surface area contributed by atoms with Gasteiger partial charge in [-0.15, -0.1) is 0 Å². The summed E-state index contributed by atoms with van der Waals surface area (Å²) in [5.41, 5.74) is 0.367. The SMILES string of the molecule is CC1Oc2ccccc2N(CC(=O)Nc2c[nH]ccc2=O)C1=O. The quantitative estimate of drug-likeness (QED) is 0.888. The van der Waals surface area contributed by atoms with Crippen molar-refractivity contribution in [2.45, 2.75) is 13.0 Å². The third-order valence-corrected chi connectivity index (χ3v) is 3.47. The monoisotopic (exact) mass is 313 g/mol. The largest absolute Gasteiger partial charge is 0.479 e. The lowest BCUT2D eigenvalue weighted by molar-refractivity contribution is -0.127. The summed E-state index contributed by atoms with van der Waals surface area (Å²) in [4.78, 5) is 40.2. The van der Waals surface area contributed by atoms with Crippen molar-refractivity contribution in [1.29, 1.82) is 0 Å². The number of aromatic amines is 1. The molecule has 1 atom stereocenters. The lowest BCUT2D eigenvalue weighted by atomic mass is 10.2. The van der Waals surface area contributed by atoms with Crippen molar-refractivity contribution < 1.29 is 14.3 Å². The predicted molar refractivity (Wildman–Crippen MR) is 84.6 cm³/mol. The van der Waals surface area contributed by atoms with Gasteiger partial charge in [0, 0.05) is 18.5 Å². The molecule has 0 fully saturated rings. The molecular weight excluding hydrogens is 298 g/mol. The Labute approximate surface area is 131 Å². The van der Waals surface area contributed by atoms with E-state index in [1.165, 1.54) is 23.4 Å². The molecule has 0 aliphatic carbocycles. The van der Waals surface area contributed by atoms with Gasteiger partial charge in [0.15, 0.2) is 6.10 Å². The maximum atomic E-state index is 12.3. The fourth-order valence-corrected chi connectivity index (χ4v) is 2.37. The van der Waals surface area contributed by atoms with Crippen LogP contribution in [0.2, 0.25) is 0 Å². The van der Waals surface area contributed by atoms with Crippen LogP contribution in [-0.4, -0.2) is 29.4 Å². The highest BCUT2D eigenvalue weighted by atomic mass is 16.5. The molecule has 2 amide bonds. The van der Waals surface area contributed by atoms with Gasteiger partial charge in [-0.25, -0.2) is 0 Å². The minimum atomic E-state index is -0.669. The van der Waals surface area contributed by atoms with E-state index in [9.17, 15) is 14.4 Å². The van der Waals surface area contributed by atoms with Crippen molar-refractivity contribution in [2.24, 2.45) is 0 Å². The molecule has 1 aliphatic heterocycles. The summed E-state index contributed by atoms with van der Waals surface area (Å²) in [5, 5.41) is 2.51. The Bertz CT molecular complexity index is 815. The number of pyridine rings is 1. The molecule has 1 aromatic carbocycles. The zero-order chi connectivity index (χ0) is 16.4. The smallest absolute Gasteiger partial charge is 0.268 e. The summed E-state index contributed by atoms with van der Waals surface area (Å²) in [6.07, 6.45) is 2.21. The molecule has 23 heavy (non-hydrogen) atoms. The van der Waals surface area contributed by atoms with Gasteiger partial charge in [0.25, 0.3) is 5.91 Å². The molecule has 7 nitrogen and oxygen atoms in total. The zero-order valence-electron chi connectivity index (χ0n) is 12.4. The minimum Gasteiger partial charge on any atom is -0.479 e. The summed E-state index contributed by atoms with van der Waals surface area (Å²) in [6.45, 7) is 1.43. The number of carbonyl (C=O) groups excluding carboxylic acids is 2. The van der Waals surface area contributed by atoms with Crippen LogP contribution in [-0.2, 0) is 9.59 Å². The Morgan fingerprint density at radius 1 is 1.30 bits per heavy atom. The van der Waals surface area contributed by atoms with Gasteiger partial charge in [0.2, 0.25) is 11.3 Å². The predicted octanol–water partition coefficient (Wildman–Crippen LogP) is 1.13. The molecule has 1 aromatic heterocycles. The van der Waals surface area contributed by atoms with Crippen LogP contribution in [0.4, 0.5) is 11.4 Å². The van der Waals surface area contributed by atoms with E-state index in [2.05, 4.69) is 10.3 Å². The Balaban J connectivity index is 1.81. The van der Waals surface area contributed by atoms with Crippen LogP contribution in [0, 0.1) is 0 Å². The fourth-order valence-electron chi connectivity index (χ4n) is 2.37. The summed E-state index contributed by atoms with van der Waals surface area (Å²) in [7, 11) is 0. The van der Waals surface area contributed by atoms with Crippen LogP contribution in [0.1, 0.15) is 6.92 Å². The van der Waals surface area contributed by atoms with Crippen molar-refractivity contribution >= 4 is 23.2 Å². The van der Waals surface area contributed by atoms with E-state index in [0.717, 1.165) is 0 Å². The summed E-state index contributed by atoms with van der Waals surface area (Å²) < 4.78 is 5.52. The minimum absolute atomic E-state index is 0.138. The van der Waals surface area contributed by atoms with Crippen LogP contribution >= 0.6 is 0 Å². The Kier molecular flexibility index (Phi) is 3.84. The molecule has 1 unspecified atom stereocenters. The van der Waals surface area contributed by atoms with E-state index in [4.69, 9.17) is 4.74 Å². The average Bonchev–Trinajstić information content (AvgIpc) is 2.54. The van der Waals surface area contributed by atoms with Crippen LogP contribution in [0.5, 0.6) is 5.75 Å². The first-order chi connectivity index (χ1) is 11.1. The molecule has 0 saturated carbocycles. The number of nitrogens with zero attached hydrogens (tertiary/aromatic N) is 1. The highest BCUT2D eigenvalue weighted by molar-refractivity contribution is 6.06. The van der Waals surface area contributed by atoms with Crippen LogP contribution in [0.25, 0.3) is 0 Å². The number of amides is 2. The second-order valence-corrected chi connectivity index (χ2v) is 5.12. The van der Waals surface area contributed by atoms with Crippen LogP contribution in [0.3, 0.4) is 0 Å². The number of fused-ring (bicyclic) bond motifs is 1. The van der Waals surface area contributed by atoms with E-state index in [1.54, 1.807) is 31.2 Å². The third-order valence-electron chi connectivity index (χ3n) is 3.47. The Morgan fingerprint density at radius 2 is 2.09 bits per heavy atom. The molecule has 7 heteroatoms. The molecule has 0 radical (unpaired) electrons. The molecule has 3 rings (SSSR count). The maximum Gasteiger partial charge on any atom is 0.268 e. The van der Waals surface area contributed by atoms with Gasteiger partial charge in [-0.1, -0.05) is 12.1 Å². The van der Waals surface area contributed by atoms with Crippen molar-refractivity contribution in [3.05, 3.63) is 52.9 Å². The number of rotatable bonds is 3. The van der Waals surface area contributed by atoms with Gasteiger partial charge in [0.1, 0.15) is 18.0 Å². The second kappa shape index (κ2) is 5.96. The number of benzene rings is 1. The highest BCUT2D eigenvalue weighted by Crippen LogP contribution is 2.33. The first kappa shape index (κ1) is 14.8. The van der Waals surface area contributed by atoms with E-state index >= 15 is 0 Å². The molecule has 118 valence electrons. The van der Waals surface area contributed by atoms with Gasteiger partial charge in [-0.3, -0.25) is 19.3 Å². The number of aromatic nitrogens is 1. The zero-order valence-corrected chi connectivity index (χ0v) is 12.4. The Hall–Kier alpha value is -3.09. The molecule has 2 N–H and O–H groups in total. The standard InChI is InChI=1S/C16H15N3O4/c1-10-16(22)19(12-4-2-3-5-14(12)23-10)9-15(21)18-11-8-17-7-6-13(11)20/h2-8,10H,9H2,1H3,(H,17,20)(H,18,21). The molecule has 0 bridgehead atoms. The van der Waals surface area contributed by atoms with Crippen molar-refractivity contribution in [1.82, 2.24) is 4.98 Å². The van der Waals surface area contributed by atoms with E-state index in [0.29, 0.717) is 11.4 Å². The first-order valence-electron chi connectivity index (χ1n) is 7.10. The van der Waals surface area contributed by atoms with Gasteiger partial charge >= 0.3 is 0 Å².